The van der Waals surface area contributed by atoms with Crippen molar-refractivity contribution < 1.29 is 0 Å². The van der Waals surface area contributed by atoms with Gasteiger partial charge >= 0.3 is 0 Å². The highest BCUT2D eigenvalue weighted by atomic mass is 32.1. The van der Waals surface area contributed by atoms with Crippen molar-refractivity contribution in [2.24, 2.45) is 0 Å². The van der Waals surface area contributed by atoms with Gasteiger partial charge in [-0.05, 0) is 29.3 Å². The van der Waals surface area contributed by atoms with Crippen molar-refractivity contribution in [3.63, 3.8) is 0 Å². The molecule has 0 aromatic carbocycles. The minimum Gasteiger partial charge on any atom is -0.152 e. The second kappa shape index (κ2) is 29.8. The van der Waals surface area contributed by atoms with Gasteiger partial charge in [0.2, 0.25) is 0 Å². The van der Waals surface area contributed by atoms with Gasteiger partial charge in [0, 0.05) is 0 Å². The van der Waals surface area contributed by atoms with Gasteiger partial charge in [0.1, 0.15) is 0 Å². The lowest BCUT2D eigenvalue weighted by Crippen LogP contribution is -1.47. The molecule has 0 atom stereocenters. The highest BCUT2D eigenvalue weighted by Crippen LogP contribution is 2.01. The molecule has 1 heteroatoms. The first-order valence-corrected chi connectivity index (χ1v) is 3.82. The fraction of sp³-hybridized carbons (Fsp3) is 0.667. The van der Waals surface area contributed by atoms with Gasteiger partial charge in [-0.25, -0.2) is 0 Å². The van der Waals surface area contributed by atoms with E-state index in [1.165, 1.54) is 5.56 Å². The van der Waals surface area contributed by atoms with Crippen LogP contribution in [0.15, 0.2) is 16.8 Å². The maximum atomic E-state index is 2.12. The number of hydrogen-bond donors (Lipinski definition) is 0. The normalized spacial score (nSPS) is 4.54. The van der Waals surface area contributed by atoms with Gasteiger partial charge in [0.15, 0.2) is 0 Å². The van der Waals surface area contributed by atoms with Gasteiger partial charge < -0.3 is 0 Å². The summed E-state index contributed by atoms with van der Waals surface area (Å²) in [5.41, 5.74) is 1.36. The Labute approximate surface area is 92.0 Å². The lowest BCUT2D eigenvalue weighted by Gasteiger charge is -1.65. The van der Waals surface area contributed by atoms with E-state index in [-0.39, 0.29) is 37.1 Å². The van der Waals surface area contributed by atoms with Crippen molar-refractivity contribution in [3.05, 3.63) is 22.4 Å². The topological polar surface area (TPSA) is 0 Å². The molecule has 86 valence electrons. The second-order valence-electron chi connectivity index (χ2n) is 1.30. The van der Waals surface area contributed by atoms with Crippen molar-refractivity contribution >= 4 is 11.3 Å². The summed E-state index contributed by atoms with van der Waals surface area (Å²) in [7, 11) is 0. The molecule has 1 rings (SSSR count). The summed E-state index contributed by atoms with van der Waals surface area (Å²) < 4.78 is 0. The largest absolute Gasteiger partial charge is 0.152 e. The van der Waals surface area contributed by atoms with Crippen LogP contribution in [0.4, 0.5) is 0 Å². The maximum absolute atomic E-state index is 2.12. The van der Waals surface area contributed by atoms with Gasteiger partial charge in [-0.1, -0.05) is 51.0 Å². The molecule has 1 aromatic rings. The van der Waals surface area contributed by atoms with Crippen molar-refractivity contribution in [1.82, 2.24) is 0 Å². The molecule has 0 aliphatic rings. The fourth-order valence-electron chi connectivity index (χ4n) is 0.333. The summed E-state index contributed by atoms with van der Waals surface area (Å²) in [6.07, 6.45) is 0. The van der Waals surface area contributed by atoms with Gasteiger partial charge in [-0.15, -0.1) is 0 Å². The molecule has 0 spiro atoms. The Kier molecular flexibility index (Phi) is 88.9. The molecule has 0 bridgehead atoms. The van der Waals surface area contributed by atoms with Crippen LogP contribution in [0.2, 0.25) is 0 Å². The Morgan fingerprint density at radius 2 is 1.31 bits per heavy atom. The summed E-state index contributed by atoms with van der Waals surface area (Å²) in [5.74, 6) is 0. The van der Waals surface area contributed by atoms with Crippen LogP contribution in [-0.2, 0) is 0 Å². The second-order valence-corrected chi connectivity index (χ2v) is 2.08. The van der Waals surface area contributed by atoms with E-state index in [4.69, 9.17) is 0 Å². The van der Waals surface area contributed by atoms with Crippen LogP contribution < -0.4 is 0 Å². The van der Waals surface area contributed by atoms with Gasteiger partial charge in [-0.3, -0.25) is 0 Å². The molecule has 0 aliphatic carbocycles. The van der Waals surface area contributed by atoms with E-state index >= 15 is 0 Å². The Morgan fingerprint density at radius 1 is 0.923 bits per heavy atom. The smallest absolute Gasteiger partial charge is 0.00641 e. The van der Waals surface area contributed by atoms with Gasteiger partial charge in [-0.2, -0.15) is 11.3 Å². The standard InChI is InChI=1S/C5H6S.C2H6.5CH4/c1-5-2-3-6-4-5;1-2;;;;;/h2-4H,1H3;1-2H3;5*1H4. The zero-order valence-corrected chi connectivity index (χ0v) is 6.46. The zero-order valence-electron chi connectivity index (χ0n) is 5.64. The average Bonchev–Trinajstić information content (AvgIpc) is 2.24. The molecule has 1 aromatic heterocycles. The number of hydrogen-bond acceptors (Lipinski definition) is 1. The molecular formula is C12H32S. The lowest BCUT2D eigenvalue weighted by molar-refractivity contribution is 1.50. The molecular weight excluding hydrogens is 176 g/mol. The van der Waals surface area contributed by atoms with Crippen LogP contribution >= 0.6 is 11.3 Å². The first-order chi connectivity index (χ1) is 3.89. The third-order valence-corrected chi connectivity index (χ3v) is 1.46. The van der Waals surface area contributed by atoms with E-state index in [0.29, 0.717) is 0 Å². The van der Waals surface area contributed by atoms with E-state index in [2.05, 4.69) is 23.8 Å². The van der Waals surface area contributed by atoms with Crippen LogP contribution in [0.5, 0.6) is 0 Å². The highest BCUT2D eigenvalue weighted by molar-refractivity contribution is 7.07. The third kappa shape index (κ3) is 24.5. The van der Waals surface area contributed by atoms with Crippen molar-refractivity contribution in [1.29, 1.82) is 0 Å². The van der Waals surface area contributed by atoms with Crippen LogP contribution in [-0.4, -0.2) is 0 Å². The fourth-order valence-corrected chi connectivity index (χ4v) is 0.998. The first-order valence-electron chi connectivity index (χ1n) is 2.88. The first kappa shape index (κ1) is 38.7. The molecule has 1 heterocycles. The minimum atomic E-state index is 0. The SMILES string of the molecule is C.C.C.C.C.CC.Cc1ccsc1. The Balaban J connectivity index is -0.0000000166. The zero-order chi connectivity index (χ0) is 6.41. The van der Waals surface area contributed by atoms with Gasteiger partial charge in [0.05, 0.1) is 0 Å². The Morgan fingerprint density at radius 3 is 1.38 bits per heavy atom. The summed E-state index contributed by atoms with van der Waals surface area (Å²) in [5, 5.41) is 4.20. The monoisotopic (exact) mass is 208 g/mol. The van der Waals surface area contributed by atoms with Crippen LogP contribution in [0.3, 0.4) is 0 Å². The number of thiophene rings is 1. The molecule has 0 aliphatic heterocycles. The summed E-state index contributed by atoms with van der Waals surface area (Å²) in [6, 6.07) is 2.10. The Hall–Kier alpha value is -0.300. The van der Waals surface area contributed by atoms with Crippen molar-refractivity contribution in [3.8, 4) is 0 Å². The molecule has 0 unspecified atom stereocenters. The van der Waals surface area contributed by atoms with E-state index in [1.54, 1.807) is 11.3 Å². The molecule has 13 heavy (non-hydrogen) atoms. The van der Waals surface area contributed by atoms with E-state index in [9.17, 15) is 0 Å². The molecule has 0 fully saturated rings. The highest BCUT2D eigenvalue weighted by Gasteiger charge is 1.74. The van der Waals surface area contributed by atoms with E-state index in [0.717, 1.165) is 0 Å². The van der Waals surface area contributed by atoms with Crippen molar-refractivity contribution in [2.75, 3.05) is 0 Å². The van der Waals surface area contributed by atoms with Crippen LogP contribution in [0.25, 0.3) is 0 Å². The lowest BCUT2D eigenvalue weighted by atomic mass is 10.4. The van der Waals surface area contributed by atoms with Crippen LogP contribution in [0, 0.1) is 6.92 Å². The summed E-state index contributed by atoms with van der Waals surface area (Å²) >= 11 is 1.74. The number of rotatable bonds is 0. The predicted molar refractivity (Wildman–Crippen MR) is 74.1 cm³/mol. The third-order valence-electron chi connectivity index (χ3n) is 0.663. The number of aryl methyl sites for hydroxylation is 1. The molecule has 0 nitrogen and oxygen atoms in total. The van der Waals surface area contributed by atoms with E-state index < -0.39 is 0 Å². The summed E-state index contributed by atoms with van der Waals surface area (Å²) in [6.45, 7) is 6.09. The maximum Gasteiger partial charge on any atom is -0.00641 e. The average molecular weight is 208 g/mol. The van der Waals surface area contributed by atoms with E-state index in [1.807, 2.05) is 13.8 Å². The molecule has 0 saturated heterocycles. The van der Waals surface area contributed by atoms with Gasteiger partial charge in [0.25, 0.3) is 0 Å². The predicted octanol–water partition coefficient (Wildman–Crippen LogP) is 6.26. The molecule has 0 radical (unpaired) electrons. The minimum absolute atomic E-state index is 0. The van der Waals surface area contributed by atoms with Crippen LogP contribution in [0.1, 0.15) is 56.5 Å². The Bertz CT molecular complexity index is 109. The summed E-state index contributed by atoms with van der Waals surface area (Å²) in [4.78, 5) is 0. The molecule has 0 saturated carbocycles. The van der Waals surface area contributed by atoms with Crippen molar-refractivity contribution in [2.45, 2.75) is 57.9 Å². The quantitative estimate of drug-likeness (QED) is 0.472. The molecule has 0 N–H and O–H groups in total. The molecule has 0 amide bonds.